The smallest absolute Gasteiger partial charge is 0.221 e. The molecular formula is C20H30N4O. The van der Waals surface area contributed by atoms with Crippen LogP contribution in [0.1, 0.15) is 63.8 Å². The standard InChI is InChI=1S/C20H30N4O/c1-19(2,3)14-9-12(8-13-11-23-18(22)24-17(13)21)10-15(16(14)25-7)20(4,5)6/h9-11H,8H2,1-7H3,(H4,21,22,23,24). The lowest BCUT2D eigenvalue weighted by atomic mass is 9.78. The summed E-state index contributed by atoms with van der Waals surface area (Å²) in [5, 5.41) is 0. The van der Waals surface area contributed by atoms with Crippen molar-refractivity contribution in [3.63, 3.8) is 0 Å². The number of benzene rings is 1. The van der Waals surface area contributed by atoms with E-state index in [1.54, 1.807) is 13.3 Å². The van der Waals surface area contributed by atoms with Gasteiger partial charge in [-0.15, -0.1) is 0 Å². The Kier molecular flexibility index (Phi) is 4.98. The Morgan fingerprint density at radius 2 is 1.48 bits per heavy atom. The monoisotopic (exact) mass is 342 g/mol. The van der Waals surface area contributed by atoms with Gasteiger partial charge in [-0.3, -0.25) is 0 Å². The van der Waals surface area contributed by atoms with Crippen molar-refractivity contribution in [3.8, 4) is 5.75 Å². The van der Waals surface area contributed by atoms with Crippen LogP contribution in [0.2, 0.25) is 0 Å². The fourth-order valence-corrected chi connectivity index (χ4v) is 2.92. The molecule has 4 N–H and O–H groups in total. The molecule has 0 fully saturated rings. The van der Waals surface area contributed by atoms with Crippen molar-refractivity contribution >= 4 is 11.8 Å². The van der Waals surface area contributed by atoms with Gasteiger partial charge >= 0.3 is 0 Å². The van der Waals surface area contributed by atoms with Crippen LogP contribution in [0.5, 0.6) is 5.75 Å². The molecule has 1 aromatic carbocycles. The first-order chi connectivity index (χ1) is 11.4. The zero-order valence-electron chi connectivity index (χ0n) is 16.4. The lowest BCUT2D eigenvalue weighted by molar-refractivity contribution is 0.381. The summed E-state index contributed by atoms with van der Waals surface area (Å²) in [5.41, 5.74) is 16.0. The first-order valence-electron chi connectivity index (χ1n) is 8.52. The van der Waals surface area contributed by atoms with Crippen LogP contribution in [-0.2, 0) is 17.3 Å². The number of aromatic nitrogens is 2. The molecule has 0 aliphatic carbocycles. The number of methoxy groups -OCH3 is 1. The van der Waals surface area contributed by atoms with Gasteiger partial charge in [0.05, 0.1) is 7.11 Å². The fourth-order valence-electron chi connectivity index (χ4n) is 2.92. The average molecular weight is 342 g/mol. The number of nitrogens with zero attached hydrogens (tertiary/aromatic N) is 2. The number of nitrogen functional groups attached to an aromatic ring is 2. The van der Waals surface area contributed by atoms with Crippen LogP contribution in [0.25, 0.3) is 0 Å². The van der Waals surface area contributed by atoms with Gasteiger partial charge in [0, 0.05) is 29.3 Å². The highest BCUT2D eigenvalue weighted by molar-refractivity contribution is 5.53. The molecule has 0 bridgehead atoms. The number of anilines is 2. The zero-order valence-corrected chi connectivity index (χ0v) is 16.4. The quantitative estimate of drug-likeness (QED) is 0.885. The van der Waals surface area contributed by atoms with Gasteiger partial charge in [0.2, 0.25) is 5.95 Å². The fraction of sp³-hybridized carbons (Fsp3) is 0.500. The first kappa shape index (κ1) is 19.0. The molecule has 2 rings (SSSR count). The Balaban J connectivity index is 2.62. The third-order valence-electron chi connectivity index (χ3n) is 4.28. The van der Waals surface area contributed by atoms with Crippen molar-refractivity contribution in [3.05, 3.63) is 40.6 Å². The van der Waals surface area contributed by atoms with Crippen LogP contribution in [-0.4, -0.2) is 17.1 Å². The van der Waals surface area contributed by atoms with Gasteiger partial charge in [0.25, 0.3) is 0 Å². The van der Waals surface area contributed by atoms with Crippen molar-refractivity contribution < 1.29 is 4.74 Å². The summed E-state index contributed by atoms with van der Waals surface area (Å²) in [6, 6.07) is 4.40. The van der Waals surface area contributed by atoms with E-state index < -0.39 is 0 Å². The summed E-state index contributed by atoms with van der Waals surface area (Å²) in [5.74, 6) is 1.59. The van der Waals surface area contributed by atoms with E-state index in [0.717, 1.165) is 16.9 Å². The lowest BCUT2D eigenvalue weighted by Gasteiger charge is -2.30. The second-order valence-electron chi connectivity index (χ2n) is 8.54. The molecule has 2 aromatic rings. The SMILES string of the molecule is COc1c(C(C)(C)C)cc(Cc2cnc(N)nc2N)cc1C(C)(C)C. The first-order valence-corrected chi connectivity index (χ1v) is 8.52. The van der Waals surface area contributed by atoms with Crippen LogP contribution in [0.3, 0.4) is 0 Å². The molecule has 0 amide bonds. The second kappa shape index (κ2) is 6.54. The molecule has 0 spiro atoms. The van der Waals surface area contributed by atoms with Gasteiger partial charge < -0.3 is 16.2 Å². The van der Waals surface area contributed by atoms with Crippen molar-refractivity contribution in [2.45, 2.75) is 58.8 Å². The van der Waals surface area contributed by atoms with E-state index in [4.69, 9.17) is 16.2 Å². The largest absolute Gasteiger partial charge is 0.496 e. The topological polar surface area (TPSA) is 87.0 Å². The van der Waals surface area contributed by atoms with E-state index in [-0.39, 0.29) is 16.8 Å². The molecule has 0 aliphatic heterocycles. The number of nitrogens with two attached hydrogens (primary N) is 2. The Morgan fingerprint density at radius 3 is 1.88 bits per heavy atom. The van der Waals surface area contributed by atoms with Crippen LogP contribution < -0.4 is 16.2 Å². The summed E-state index contributed by atoms with van der Waals surface area (Å²) in [4.78, 5) is 8.14. The maximum Gasteiger partial charge on any atom is 0.221 e. The molecule has 5 heteroatoms. The predicted octanol–water partition coefficient (Wildman–Crippen LogP) is 3.84. The van der Waals surface area contributed by atoms with E-state index in [1.807, 2.05) is 0 Å². The normalized spacial score (nSPS) is 12.3. The highest BCUT2D eigenvalue weighted by atomic mass is 16.5. The molecule has 0 aliphatic rings. The summed E-state index contributed by atoms with van der Waals surface area (Å²) in [7, 11) is 1.74. The molecule has 0 radical (unpaired) electrons. The summed E-state index contributed by atoms with van der Waals surface area (Å²) in [6.45, 7) is 13.2. The molecule has 0 saturated heterocycles. The lowest BCUT2D eigenvalue weighted by Crippen LogP contribution is -2.20. The number of hydrogen-bond donors (Lipinski definition) is 2. The van der Waals surface area contributed by atoms with Gasteiger partial charge in [-0.25, -0.2) is 4.98 Å². The van der Waals surface area contributed by atoms with Gasteiger partial charge in [-0.2, -0.15) is 4.98 Å². The van der Waals surface area contributed by atoms with Crippen molar-refractivity contribution in [2.24, 2.45) is 0 Å². The summed E-state index contributed by atoms with van der Waals surface area (Å²) < 4.78 is 5.81. The van der Waals surface area contributed by atoms with E-state index in [9.17, 15) is 0 Å². The van der Waals surface area contributed by atoms with Gasteiger partial charge in [-0.1, -0.05) is 53.7 Å². The van der Waals surface area contributed by atoms with Crippen LogP contribution in [0.15, 0.2) is 18.3 Å². The van der Waals surface area contributed by atoms with Gasteiger partial charge in [0.15, 0.2) is 0 Å². The third-order valence-corrected chi connectivity index (χ3v) is 4.28. The van der Waals surface area contributed by atoms with Crippen molar-refractivity contribution in [2.75, 3.05) is 18.6 Å². The number of rotatable bonds is 3. The van der Waals surface area contributed by atoms with Gasteiger partial charge in [-0.05, 0) is 16.4 Å². The Hall–Kier alpha value is -2.30. The van der Waals surface area contributed by atoms with Crippen molar-refractivity contribution in [1.29, 1.82) is 0 Å². The van der Waals surface area contributed by atoms with E-state index in [2.05, 4.69) is 63.6 Å². The summed E-state index contributed by atoms with van der Waals surface area (Å²) in [6.07, 6.45) is 2.36. The highest BCUT2D eigenvalue weighted by Crippen LogP contribution is 2.41. The maximum absolute atomic E-state index is 6.02. The molecule has 1 heterocycles. The predicted molar refractivity (Wildman–Crippen MR) is 104 cm³/mol. The van der Waals surface area contributed by atoms with Crippen LogP contribution in [0.4, 0.5) is 11.8 Å². The van der Waals surface area contributed by atoms with E-state index in [0.29, 0.717) is 12.2 Å². The number of ether oxygens (including phenoxy) is 1. The second-order valence-corrected chi connectivity index (χ2v) is 8.54. The molecule has 5 nitrogen and oxygen atoms in total. The Bertz CT molecular complexity index is 735. The zero-order chi connectivity index (χ0) is 19.0. The molecule has 0 atom stereocenters. The van der Waals surface area contributed by atoms with Gasteiger partial charge in [0.1, 0.15) is 11.6 Å². The molecular weight excluding hydrogens is 312 g/mol. The minimum absolute atomic E-state index is 0.0372. The van der Waals surface area contributed by atoms with E-state index in [1.165, 1.54) is 11.1 Å². The molecule has 25 heavy (non-hydrogen) atoms. The Morgan fingerprint density at radius 1 is 0.960 bits per heavy atom. The molecule has 0 saturated carbocycles. The van der Waals surface area contributed by atoms with E-state index >= 15 is 0 Å². The minimum atomic E-state index is -0.0372. The maximum atomic E-state index is 6.02. The number of hydrogen-bond acceptors (Lipinski definition) is 5. The average Bonchev–Trinajstić information content (AvgIpc) is 2.47. The van der Waals surface area contributed by atoms with Crippen LogP contribution >= 0.6 is 0 Å². The third kappa shape index (κ3) is 4.21. The Labute approximate surface area is 150 Å². The summed E-state index contributed by atoms with van der Waals surface area (Å²) >= 11 is 0. The molecule has 136 valence electrons. The van der Waals surface area contributed by atoms with Crippen molar-refractivity contribution in [1.82, 2.24) is 9.97 Å². The highest BCUT2D eigenvalue weighted by Gasteiger charge is 2.27. The van der Waals surface area contributed by atoms with Crippen LogP contribution in [0, 0.1) is 0 Å². The molecule has 0 unspecified atom stereocenters. The minimum Gasteiger partial charge on any atom is -0.496 e. The molecule has 1 aromatic heterocycles.